The van der Waals surface area contributed by atoms with Crippen LogP contribution in [-0.4, -0.2) is 63.9 Å². The van der Waals surface area contributed by atoms with Gasteiger partial charge in [0.2, 0.25) is 10.0 Å². The number of carbonyl (C=O) groups is 2. The Kier molecular flexibility index (Phi) is 7.34. The largest absolute Gasteiger partial charge is 0.338 e. The number of imide groups is 1. The smallest absolute Gasteiger partial charge is 0.321 e. The van der Waals surface area contributed by atoms with Gasteiger partial charge in [0, 0.05) is 6.54 Å². The van der Waals surface area contributed by atoms with Crippen LogP contribution in [0.1, 0.15) is 24.5 Å². The molecule has 0 bridgehead atoms. The molecule has 0 aromatic heterocycles. The van der Waals surface area contributed by atoms with Crippen LogP contribution < -0.4 is 15.5 Å². The van der Waals surface area contributed by atoms with Crippen LogP contribution in [0, 0.1) is 13.8 Å². The van der Waals surface area contributed by atoms with E-state index in [1.54, 1.807) is 13.0 Å². The molecule has 0 aliphatic carbocycles. The van der Waals surface area contributed by atoms with Crippen LogP contribution in [0.15, 0.2) is 23.1 Å². The predicted octanol–water partition coefficient (Wildman–Crippen LogP) is -0.572. The van der Waals surface area contributed by atoms with Gasteiger partial charge in [0.05, 0.1) is 31.1 Å². The zero-order valence-electron chi connectivity index (χ0n) is 16.2. The Morgan fingerprint density at radius 1 is 1.19 bits per heavy atom. The summed E-state index contributed by atoms with van der Waals surface area (Å²) < 4.78 is 27.3. The van der Waals surface area contributed by atoms with Gasteiger partial charge in [-0.05, 0) is 37.5 Å². The number of sulfonamides is 1. The maximum atomic E-state index is 12.9. The molecule has 0 saturated carbocycles. The fourth-order valence-corrected chi connectivity index (χ4v) is 4.78. The molecule has 1 aliphatic heterocycles. The molecule has 1 fully saturated rings. The maximum Gasteiger partial charge on any atom is 0.321 e. The van der Waals surface area contributed by atoms with Crippen molar-refractivity contribution in [3.8, 4) is 0 Å². The molecule has 1 aliphatic rings. The van der Waals surface area contributed by atoms with Gasteiger partial charge in [-0.3, -0.25) is 10.1 Å². The Balaban J connectivity index is 1.90. The number of nitrogens with one attached hydrogen (secondary N) is 3. The van der Waals surface area contributed by atoms with E-state index in [-0.39, 0.29) is 12.5 Å². The second kappa shape index (κ2) is 9.29. The summed E-state index contributed by atoms with van der Waals surface area (Å²) >= 11 is 0. The summed E-state index contributed by atoms with van der Waals surface area (Å²) in [4.78, 5) is 24.8. The number of hydrogen-bond acceptors (Lipinski definition) is 4. The minimum absolute atomic E-state index is 0.150. The topological polar surface area (TPSA) is 100 Å². The van der Waals surface area contributed by atoms with Crippen molar-refractivity contribution in [3.05, 3.63) is 29.3 Å². The third-order valence-electron chi connectivity index (χ3n) is 4.59. The van der Waals surface area contributed by atoms with Crippen molar-refractivity contribution < 1.29 is 22.9 Å². The number of piperazine rings is 1. The van der Waals surface area contributed by atoms with E-state index in [2.05, 4.69) is 10.6 Å². The zero-order valence-corrected chi connectivity index (χ0v) is 17.0. The molecule has 3 amide bonds. The van der Waals surface area contributed by atoms with E-state index in [4.69, 9.17) is 0 Å². The number of aryl methyl sites for hydroxylation is 2. The molecule has 1 aromatic rings. The minimum atomic E-state index is -3.54. The SMILES string of the molecule is CCCNC(=O)NC(=O)C[NH+]1CCN(S(=O)(=O)c2cc(C)ccc2C)CC1. The first-order valence-electron chi connectivity index (χ1n) is 9.22. The number of benzene rings is 1. The lowest BCUT2D eigenvalue weighted by atomic mass is 10.2. The van der Waals surface area contributed by atoms with Crippen LogP contribution in [-0.2, 0) is 14.8 Å². The third kappa shape index (κ3) is 5.75. The fourth-order valence-electron chi connectivity index (χ4n) is 3.02. The molecule has 2 rings (SSSR count). The number of nitrogens with zero attached hydrogens (tertiary/aromatic N) is 1. The first-order chi connectivity index (χ1) is 12.7. The van der Waals surface area contributed by atoms with E-state index < -0.39 is 16.1 Å². The lowest BCUT2D eigenvalue weighted by Gasteiger charge is -2.31. The van der Waals surface area contributed by atoms with Crippen molar-refractivity contribution >= 4 is 22.0 Å². The van der Waals surface area contributed by atoms with Crippen LogP contribution in [0.3, 0.4) is 0 Å². The third-order valence-corrected chi connectivity index (χ3v) is 6.63. The molecule has 1 heterocycles. The predicted molar refractivity (Wildman–Crippen MR) is 102 cm³/mol. The molecule has 1 aromatic carbocycles. The molecule has 0 spiro atoms. The summed E-state index contributed by atoms with van der Waals surface area (Å²) in [6.45, 7) is 8.00. The highest BCUT2D eigenvalue weighted by atomic mass is 32.2. The Labute approximate surface area is 161 Å². The molecule has 8 nitrogen and oxygen atoms in total. The summed E-state index contributed by atoms with van der Waals surface area (Å²) in [5.74, 6) is -0.357. The second-order valence-electron chi connectivity index (χ2n) is 6.90. The van der Waals surface area contributed by atoms with Gasteiger partial charge in [-0.2, -0.15) is 4.31 Å². The number of urea groups is 1. The van der Waals surface area contributed by atoms with Crippen molar-refractivity contribution in [2.45, 2.75) is 32.1 Å². The van der Waals surface area contributed by atoms with Gasteiger partial charge in [-0.15, -0.1) is 0 Å². The van der Waals surface area contributed by atoms with Gasteiger partial charge in [-0.1, -0.05) is 19.1 Å². The quantitative estimate of drug-likeness (QED) is 0.598. The number of hydrogen-bond donors (Lipinski definition) is 3. The Bertz CT molecular complexity index is 787. The molecule has 150 valence electrons. The van der Waals surface area contributed by atoms with Gasteiger partial charge in [0.15, 0.2) is 6.54 Å². The van der Waals surface area contributed by atoms with E-state index in [0.29, 0.717) is 37.6 Å². The monoisotopic (exact) mass is 397 g/mol. The summed E-state index contributed by atoms with van der Waals surface area (Å²) in [6.07, 6.45) is 0.795. The summed E-state index contributed by atoms with van der Waals surface area (Å²) in [6, 6.07) is 4.92. The highest BCUT2D eigenvalue weighted by molar-refractivity contribution is 7.89. The van der Waals surface area contributed by atoms with Crippen LogP contribution >= 0.6 is 0 Å². The van der Waals surface area contributed by atoms with Gasteiger partial charge in [0.1, 0.15) is 0 Å². The molecule has 9 heteroatoms. The molecular formula is C18H29N4O4S+. The van der Waals surface area contributed by atoms with E-state index in [1.165, 1.54) is 4.31 Å². The molecule has 0 radical (unpaired) electrons. The maximum absolute atomic E-state index is 12.9. The van der Waals surface area contributed by atoms with Gasteiger partial charge < -0.3 is 10.2 Å². The second-order valence-corrected chi connectivity index (χ2v) is 8.81. The van der Waals surface area contributed by atoms with Crippen LogP contribution in [0.4, 0.5) is 4.79 Å². The average Bonchev–Trinajstić information content (AvgIpc) is 2.62. The van der Waals surface area contributed by atoms with Gasteiger partial charge in [0.25, 0.3) is 5.91 Å². The highest BCUT2D eigenvalue weighted by Gasteiger charge is 2.32. The summed E-state index contributed by atoms with van der Waals surface area (Å²) in [5.41, 5.74) is 1.63. The lowest BCUT2D eigenvalue weighted by molar-refractivity contribution is -0.895. The van der Waals surface area contributed by atoms with Crippen molar-refractivity contribution in [3.63, 3.8) is 0 Å². The number of carbonyl (C=O) groups excluding carboxylic acids is 2. The fraction of sp³-hybridized carbons (Fsp3) is 0.556. The van der Waals surface area contributed by atoms with Crippen LogP contribution in [0.25, 0.3) is 0 Å². The normalized spacial score (nSPS) is 16.1. The van der Waals surface area contributed by atoms with Crippen LogP contribution in [0.2, 0.25) is 0 Å². The number of rotatable bonds is 6. The molecule has 0 atom stereocenters. The van der Waals surface area contributed by atoms with Crippen molar-refractivity contribution in [1.82, 2.24) is 14.9 Å². The minimum Gasteiger partial charge on any atom is -0.338 e. The Morgan fingerprint density at radius 3 is 2.48 bits per heavy atom. The highest BCUT2D eigenvalue weighted by Crippen LogP contribution is 2.21. The standard InChI is InChI=1S/C18H28N4O4S/c1-4-7-19-18(24)20-17(23)13-21-8-10-22(11-9-21)27(25,26)16-12-14(2)5-6-15(16)3/h5-6,12H,4,7-11,13H2,1-3H3,(H2,19,20,23,24)/p+1. The van der Waals surface area contributed by atoms with E-state index in [1.807, 2.05) is 26.0 Å². The zero-order chi connectivity index (χ0) is 20.0. The van der Waals surface area contributed by atoms with Crippen molar-refractivity contribution in [2.75, 3.05) is 39.3 Å². The van der Waals surface area contributed by atoms with Crippen LogP contribution in [0.5, 0.6) is 0 Å². The van der Waals surface area contributed by atoms with E-state index in [9.17, 15) is 18.0 Å². The Hall–Kier alpha value is -1.97. The molecule has 0 unspecified atom stereocenters. The number of amides is 3. The lowest BCUT2D eigenvalue weighted by Crippen LogP contribution is -3.15. The van der Waals surface area contributed by atoms with E-state index in [0.717, 1.165) is 22.4 Å². The first-order valence-corrected chi connectivity index (χ1v) is 10.7. The number of quaternary nitrogens is 1. The van der Waals surface area contributed by atoms with Gasteiger partial charge >= 0.3 is 6.03 Å². The summed E-state index contributed by atoms with van der Waals surface area (Å²) in [7, 11) is -3.54. The Morgan fingerprint density at radius 2 is 1.85 bits per heavy atom. The molecule has 1 saturated heterocycles. The first kappa shape index (κ1) is 21.3. The molecular weight excluding hydrogens is 368 g/mol. The van der Waals surface area contributed by atoms with Crippen molar-refractivity contribution in [2.24, 2.45) is 0 Å². The summed E-state index contributed by atoms with van der Waals surface area (Å²) in [5, 5.41) is 4.89. The average molecular weight is 398 g/mol. The molecule has 27 heavy (non-hydrogen) atoms. The van der Waals surface area contributed by atoms with Crippen molar-refractivity contribution in [1.29, 1.82) is 0 Å². The van der Waals surface area contributed by atoms with E-state index >= 15 is 0 Å². The van der Waals surface area contributed by atoms with Gasteiger partial charge in [-0.25, -0.2) is 13.2 Å². The molecule has 3 N–H and O–H groups in total.